The summed E-state index contributed by atoms with van der Waals surface area (Å²) in [5.41, 5.74) is 0.366. The molecule has 2 aromatic carbocycles. The predicted molar refractivity (Wildman–Crippen MR) is 125 cm³/mol. The molecule has 9 nitrogen and oxygen atoms in total. The van der Waals surface area contributed by atoms with Gasteiger partial charge in [0.2, 0.25) is 5.91 Å². The van der Waals surface area contributed by atoms with Gasteiger partial charge in [0.15, 0.2) is 0 Å². The molecule has 2 aliphatic heterocycles. The second-order valence-electron chi connectivity index (χ2n) is 9.50. The fourth-order valence-electron chi connectivity index (χ4n) is 4.26. The molecule has 4 amide bonds. The van der Waals surface area contributed by atoms with Crippen LogP contribution in [0.4, 0.5) is 0 Å². The molecule has 1 atom stereocenters. The van der Waals surface area contributed by atoms with Crippen molar-refractivity contribution in [1.29, 1.82) is 0 Å². The molecule has 35 heavy (non-hydrogen) atoms. The van der Waals surface area contributed by atoms with Crippen LogP contribution in [0.2, 0.25) is 0 Å². The third-order valence-corrected chi connectivity index (χ3v) is 5.76. The van der Waals surface area contributed by atoms with Gasteiger partial charge in [-0.1, -0.05) is 42.5 Å². The lowest BCUT2D eigenvalue weighted by Gasteiger charge is -2.35. The summed E-state index contributed by atoms with van der Waals surface area (Å²) < 4.78 is 5.40. The summed E-state index contributed by atoms with van der Waals surface area (Å²) in [6.45, 7) is 4.61. The Hall–Kier alpha value is -4.01. The maximum Gasteiger partial charge on any atom is 0.328 e. The van der Waals surface area contributed by atoms with Crippen molar-refractivity contribution in [2.24, 2.45) is 0 Å². The van der Waals surface area contributed by atoms with Crippen molar-refractivity contribution < 1.29 is 28.7 Å². The molecule has 0 radical (unpaired) electrons. The van der Waals surface area contributed by atoms with Crippen molar-refractivity contribution in [3.8, 4) is 0 Å². The highest BCUT2D eigenvalue weighted by atomic mass is 16.6. The van der Waals surface area contributed by atoms with E-state index in [1.165, 1.54) is 17.1 Å². The standard InChI is InChI=1S/C26H27N3O6/c1-26(2,3)35-22(31)16-28-25(34)20(29-23(32)18-11-7-8-12-19(18)24(29)33)13-14-21(30)27(28)15-17-9-5-4-6-10-17/h4-12,20H,13-16H2,1-3H3. The highest BCUT2D eigenvalue weighted by Gasteiger charge is 2.47. The molecule has 1 unspecified atom stereocenters. The summed E-state index contributed by atoms with van der Waals surface area (Å²) in [6, 6.07) is 14.2. The van der Waals surface area contributed by atoms with Crippen LogP contribution in [0.1, 0.15) is 59.9 Å². The van der Waals surface area contributed by atoms with E-state index in [1.54, 1.807) is 57.2 Å². The van der Waals surface area contributed by atoms with Crippen LogP contribution < -0.4 is 0 Å². The third kappa shape index (κ3) is 4.94. The van der Waals surface area contributed by atoms with Gasteiger partial charge in [0.25, 0.3) is 17.7 Å². The zero-order valence-corrected chi connectivity index (χ0v) is 19.9. The molecule has 0 aliphatic carbocycles. The SMILES string of the molecule is CC(C)(C)OC(=O)CN1C(=O)C(N2C(=O)c3ccccc3C2=O)CCC(=O)N1Cc1ccccc1. The Morgan fingerprint density at radius 3 is 2.03 bits per heavy atom. The number of nitrogens with zero attached hydrogens (tertiary/aromatic N) is 3. The average Bonchev–Trinajstić information content (AvgIpc) is 3.00. The number of esters is 1. The first-order valence-corrected chi connectivity index (χ1v) is 11.4. The fraction of sp³-hybridized carbons (Fsp3) is 0.346. The van der Waals surface area contributed by atoms with Crippen LogP contribution >= 0.6 is 0 Å². The highest BCUT2D eigenvalue weighted by molar-refractivity contribution is 6.23. The van der Waals surface area contributed by atoms with E-state index in [2.05, 4.69) is 0 Å². The summed E-state index contributed by atoms with van der Waals surface area (Å²) in [5.74, 6) is -2.98. The molecule has 2 aromatic rings. The molecule has 0 aromatic heterocycles. The Morgan fingerprint density at radius 2 is 1.46 bits per heavy atom. The second-order valence-corrected chi connectivity index (χ2v) is 9.50. The van der Waals surface area contributed by atoms with E-state index < -0.39 is 47.8 Å². The van der Waals surface area contributed by atoms with Crippen molar-refractivity contribution in [2.45, 2.75) is 51.8 Å². The third-order valence-electron chi connectivity index (χ3n) is 5.76. The van der Waals surface area contributed by atoms with E-state index in [9.17, 15) is 24.0 Å². The maximum absolute atomic E-state index is 13.8. The number of hydrogen-bond donors (Lipinski definition) is 0. The van der Waals surface area contributed by atoms with Crippen molar-refractivity contribution in [2.75, 3.05) is 6.54 Å². The Labute approximate surface area is 203 Å². The van der Waals surface area contributed by atoms with Crippen LogP contribution in [-0.2, 0) is 25.7 Å². The van der Waals surface area contributed by atoms with Gasteiger partial charge in [-0.3, -0.25) is 28.9 Å². The van der Waals surface area contributed by atoms with Gasteiger partial charge < -0.3 is 4.74 Å². The first-order valence-electron chi connectivity index (χ1n) is 11.4. The molecule has 2 aliphatic rings. The number of hydrazine groups is 1. The Balaban J connectivity index is 1.68. The van der Waals surface area contributed by atoms with Crippen LogP contribution in [0.3, 0.4) is 0 Å². The van der Waals surface area contributed by atoms with Crippen molar-refractivity contribution in [3.63, 3.8) is 0 Å². The topological polar surface area (TPSA) is 104 Å². The lowest BCUT2D eigenvalue weighted by atomic mass is 10.1. The van der Waals surface area contributed by atoms with Crippen LogP contribution in [0, 0.1) is 0 Å². The molecule has 0 N–H and O–H groups in total. The molecule has 0 bridgehead atoms. The van der Waals surface area contributed by atoms with Gasteiger partial charge in [-0.2, -0.15) is 0 Å². The lowest BCUT2D eigenvalue weighted by Crippen LogP contribution is -2.56. The van der Waals surface area contributed by atoms with Gasteiger partial charge >= 0.3 is 5.97 Å². The summed E-state index contributed by atoms with van der Waals surface area (Å²) in [5, 5.41) is 2.23. The fourth-order valence-corrected chi connectivity index (χ4v) is 4.26. The highest BCUT2D eigenvalue weighted by Crippen LogP contribution is 2.29. The first-order chi connectivity index (χ1) is 16.6. The maximum atomic E-state index is 13.8. The lowest BCUT2D eigenvalue weighted by molar-refractivity contribution is -0.175. The minimum absolute atomic E-state index is 0.0424. The van der Waals surface area contributed by atoms with Crippen molar-refractivity contribution in [1.82, 2.24) is 14.9 Å². The van der Waals surface area contributed by atoms with E-state index in [4.69, 9.17) is 4.74 Å². The number of carbonyl (C=O) groups excluding carboxylic acids is 5. The number of benzene rings is 2. The van der Waals surface area contributed by atoms with Gasteiger partial charge in [-0.05, 0) is 44.9 Å². The van der Waals surface area contributed by atoms with Crippen molar-refractivity contribution >= 4 is 29.6 Å². The smallest absolute Gasteiger partial charge is 0.328 e. The number of imide groups is 1. The molecular weight excluding hydrogens is 450 g/mol. The van der Waals surface area contributed by atoms with Crippen LogP contribution in [0.5, 0.6) is 0 Å². The second kappa shape index (κ2) is 9.32. The van der Waals surface area contributed by atoms with E-state index in [0.29, 0.717) is 0 Å². The largest absolute Gasteiger partial charge is 0.459 e. The number of ether oxygens (including phenoxy) is 1. The minimum atomic E-state index is -1.23. The van der Waals surface area contributed by atoms with E-state index in [0.717, 1.165) is 15.5 Å². The average molecular weight is 478 g/mol. The number of hydrogen-bond acceptors (Lipinski definition) is 6. The van der Waals surface area contributed by atoms with E-state index >= 15 is 0 Å². The zero-order chi connectivity index (χ0) is 25.3. The van der Waals surface area contributed by atoms with Crippen molar-refractivity contribution in [3.05, 3.63) is 71.3 Å². The summed E-state index contributed by atoms with van der Waals surface area (Å²) >= 11 is 0. The molecule has 0 saturated carbocycles. The number of fused-ring (bicyclic) bond motifs is 1. The van der Waals surface area contributed by atoms with Gasteiger partial charge in [0.05, 0.1) is 17.7 Å². The monoisotopic (exact) mass is 477 g/mol. The Morgan fingerprint density at radius 1 is 0.886 bits per heavy atom. The predicted octanol–water partition coefficient (Wildman–Crippen LogP) is 2.56. The quantitative estimate of drug-likeness (QED) is 0.484. The zero-order valence-electron chi connectivity index (χ0n) is 19.9. The van der Waals surface area contributed by atoms with Gasteiger partial charge in [0.1, 0.15) is 18.2 Å². The molecule has 182 valence electrons. The van der Waals surface area contributed by atoms with Gasteiger partial charge in [-0.25, -0.2) is 10.0 Å². The van der Waals surface area contributed by atoms with Gasteiger partial charge in [0, 0.05) is 6.42 Å². The van der Waals surface area contributed by atoms with Crippen LogP contribution in [-0.4, -0.2) is 62.7 Å². The van der Waals surface area contributed by atoms with Gasteiger partial charge in [-0.15, -0.1) is 0 Å². The number of amides is 4. The molecule has 4 rings (SSSR count). The summed E-state index contributed by atoms with van der Waals surface area (Å²) in [7, 11) is 0. The number of carbonyl (C=O) groups is 5. The Bertz CT molecular complexity index is 1150. The molecule has 2 heterocycles. The Kier molecular flexibility index (Phi) is 6.43. The molecule has 1 fully saturated rings. The first kappa shape index (κ1) is 24.1. The van der Waals surface area contributed by atoms with Crippen LogP contribution in [0.25, 0.3) is 0 Å². The molecule has 9 heteroatoms. The van der Waals surface area contributed by atoms with E-state index in [1.807, 2.05) is 6.07 Å². The summed E-state index contributed by atoms with van der Waals surface area (Å²) in [6.07, 6.45) is -0.124. The normalized spacial score (nSPS) is 18.6. The van der Waals surface area contributed by atoms with Crippen LogP contribution in [0.15, 0.2) is 54.6 Å². The molecular formula is C26H27N3O6. The van der Waals surface area contributed by atoms with E-state index in [-0.39, 0.29) is 30.5 Å². The minimum Gasteiger partial charge on any atom is -0.459 e. The molecule has 0 spiro atoms. The molecule has 1 saturated heterocycles. The number of rotatable bonds is 5. The summed E-state index contributed by atoms with van der Waals surface area (Å²) in [4.78, 5) is 66.8.